The fourth-order valence-corrected chi connectivity index (χ4v) is 2.36. The molecule has 3 N–H and O–H groups in total. The fraction of sp³-hybridized carbons (Fsp3) is 0.350. The number of para-hydroxylation sites is 1. The minimum absolute atomic E-state index is 0. The number of ether oxygens (including phenoxy) is 1. The van der Waals surface area contributed by atoms with Crippen LogP contribution in [0, 0.1) is 6.92 Å². The van der Waals surface area contributed by atoms with Gasteiger partial charge in [0, 0.05) is 32.5 Å². The van der Waals surface area contributed by atoms with Crippen molar-refractivity contribution in [3.8, 4) is 5.75 Å². The highest BCUT2D eigenvalue weighted by Gasteiger charge is 2.08. The van der Waals surface area contributed by atoms with E-state index < -0.39 is 0 Å². The van der Waals surface area contributed by atoms with Crippen molar-refractivity contribution in [3.05, 3.63) is 59.9 Å². The maximum atomic E-state index is 11.9. The number of nitrogens with one attached hydrogen (secondary N) is 3. The third-order valence-corrected chi connectivity index (χ3v) is 3.83. The van der Waals surface area contributed by atoms with Gasteiger partial charge >= 0.3 is 0 Å². The van der Waals surface area contributed by atoms with E-state index >= 15 is 0 Å². The number of rotatable bonds is 8. The number of amides is 1. The number of halogens is 1. The smallest absolute Gasteiger partial charge is 0.252 e. The van der Waals surface area contributed by atoms with Crippen molar-refractivity contribution in [2.45, 2.75) is 20.0 Å². The van der Waals surface area contributed by atoms with Crippen molar-refractivity contribution < 1.29 is 9.53 Å². The molecule has 0 aliphatic rings. The molecule has 152 valence electrons. The van der Waals surface area contributed by atoms with Crippen LogP contribution in [0.2, 0.25) is 0 Å². The van der Waals surface area contributed by atoms with Gasteiger partial charge in [-0.3, -0.25) is 14.8 Å². The molecular formula is C20H28IN5O2. The van der Waals surface area contributed by atoms with Crippen molar-refractivity contribution in [1.29, 1.82) is 0 Å². The maximum absolute atomic E-state index is 11.9. The third kappa shape index (κ3) is 8.12. The fourth-order valence-electron chi connectivity index (χ4n) is 2.36. The normalized spacial score (nSPS) is 11.8. The quantitative estimate of drug-likeness (QED) is 0.226. The lowest BCUT2D eigenvalue weighted by atomic mass is 10.2. The largest absolute Gasteiger partial charge is 0.489 e. The molecule has 0 saturated heterocycles. The molecule has 2 rings (SSSR count). The molecule has 1 heterocycles. The minimum atomic E-state index is -0.145. The van der Waals surface area contributed by atoms with Crippen LogP contribution in [0.1, 0.15) is 22.8 Å². The summed E-state index contributed by atoms with van der Waals surface area (Å²) in [4.78, 5) is 20.0. The molecule has 0 spiro atoms. The van der Waals surface area contributed by atoms with Crippen LogP contribution >= 0.6 is 24.0 Å². The highest BCUT2D eigenvalue weighted by molar-refractivity contribution is 14.0. The average molecular weight is 497 g/mol. The summed E-state index contributed by atoms with van der Waals surface area (Å²) in [6, 6.07) is 11.4. The lowest BCUT2D eigenvalue weighted by Crippen LogP contribution is -2.44. The second-order valence-electron chi connectivity index (χ2n) is 6.07. The molecule has 1 aromatic heterocycles. The van der Waals surface area contributed by atoms with E-state index in [1.54, 1.807) is 31.6 Å². The monoisotopic (exact) mass is 497 g/mol. The Kier molecular flexibility index (Phi) is 10.9. The molecule has 1 aromatic carbocycles. The Morgan fingerprint density at radius 3 is 2.57 bits per heavy atom. The Bertz CT molecular complexity index is 755. The van der Waals surface area contributed by atoms with Crippen LogP contribution in [-0.4, -0.2) is 49.6 Å². The predicted octanol–water partition coefficient (Wildman–Crippen LogP) is 2.37. The Morgan fingerprint density at radius 1 is 1.14 bits per heavy atom. The Morgan fingerprint density at radius 2 is 1.89 bits per heavy atom. The van der Waals surface area contributed by atoms with Crippen LogP contribution in [0.3, 0.4) is 0 Å². The highest BCUT2D eigenvalue weighted by Crippen LogP contribution is 2.17. The Labute approximate surface area is 183 Å². The van der Waals surface area contributed by atoms with Crippen molar-refractivity contribution in [1.82, 2.24) is 20.9 Å². The summed E-state index contributed by atoms with van der Waals surface area (Å²) in [6.45, 7) is 5.66. The first-order chi connectivity index (χ1) is 13.1. The van der Waals surface area contributed by atoms with Crippen LogP contribution in [0.5, 0.6) is 5.75 Å². The van der Waals surface area contributed by atoms with Crippen LogP contribution in [0.4, 0.5) is 0 Å². The van der Waals surface area contributed by atoms with E-state index in [0.717, 1.165) is 11.3 Å². The van der Waals surface area contributed by atoms with Gasteiger partial charge in [-0.2, -0.15) is 0 Å². The summed E-state index contributed by atoms with van der Waals surface area (Å²) >= 11 is 0. The molecule has 0 radical (unpaired) electrons. The Hall–Kier alpha value is -2.36. The van der Waals surface area contributed by atoms with E-state index in [0.29, 0.717) is 31.2 Å². The lowest BCUT2D eigenvalue weighted by molar-refractivity contribution is 0.0954. The molecule has 2 aromatic rings. The van der Waals surface area contributed by atoms with Gasteiger partial charge in [0.15, 0.2) is 5.96 Å². The molecule has 1 unspecified atom stereocenters. The second kappa shape index (κ2) is 12.9. The van der Waals surface area contributed by atoms with E-state index in [2.05, 4.69) is 25.9 Å². The number of nitrogens with zero attached hydrogens (tertiary/aromatic N) is 2. The number of hydrogen-bond donors (Lipinski definition) is 3. The number of benzene rings is 1. The number of aliphatic imine (C=N–C) groups is 1. The van der Waals surface area contributed by atoms with Crippen LogP contribution in [-0.2, 0) is 0 Å². The molecule has 0 aliphatic heterocycles. The summed E-state index contributed by atoms with van der Waals surface area (Å²) in [5.41, 5.74) is 1.65. The van der Waals surface area contributed by atoms with Gasteiger partial charge < -0.3 is 20.7 Å². The van der Waals surface area contributed by atoms with Gasteiger partial charge in [0.25, 0.3) is 5.91 Å². The van der Waals surface area contributed by atoms with Gasteiger partial charge in [-0.05, 0) is 37.6 Å². The molecule has 28 heavy (non-hydrogen) atoms. The van der Waals surface area contributed by atoms with Gasteiger partial charge in [0.1, 0.15) is 11.9 Å². The van der Waals surface area contributed by atoms with Crippen LogP contribution in [0.15, 0.2) is 53.8 Å². The SMILES string of the molecule is CN=C(NCCNC(=O)c1cccnc1)NCC(C)Oc1ccccc1C.I. The number of pyridine rings is 1. The van der Waals surface area contributed by atoms with Crippen molar-refractivity contribution in [2.24, 2.45) is 4.99 Å². The van der Waals surface area contributed by atoms with Crippen LogP contribution in [0.25, 0.3) is 0 Å². The molecule has 8 heteroatoms. The molecule has 7 nitrogen and oxygen atoms in total. The number of carbonyl (C=O) groups excluding carboxylic acids is 1. The first kappa shape index (κ1) is 23.7. The van der Waals surface area contributed by atoms with E-state index in [9.17, 15) is 4.79 Å². The van der Waals surface area contributed by atoms with E-state index in [1.807, 2.05) is 38.1 Å². The van der Waals surface area contributed by atoms with Crippen molar-refractivity contribution >= 4 is 35.8 Å². The summed E-state index contributed by atoms with van der Waals surface area (Å²) in [7, 11) is 1.70. The number of guanidine groups is 1. The van der Waals surface area contributed by atoms with Gasteiger partial charge in [-0.1, -0.05) is 18.2 Å². The van der Waals surface area contributed by atoms with E-state index in [-0.39, 0.29) is 36.0 Å². The molecule has 0 aliphatic carbocycles. The zero-order chi connectivity index (χ0) is 19.5. The standard InChI is InChI=1S/C20H27N5O2.HI/c1-15-7-4-5-9-18(15)27-16(2)13-25-20(21-3)24-12-11-23-19(26)17-8-6-10-22-14-17;/h4-10,14,16H,11-13H2,1-3H3,(H,23,26)(H2,21,24,25);1H. The average Bonchev–Trinajstić information content (AvgIpc) is 2.69. The molecule has 1 atom stereocenters. The minimum Gasteiger partial charge on any atom is -0.489 e. The topological polar surface area (TPSA) is 87.6 Å². The van der Waals surface area contributed by atoms with Gasteiger partial charge in [0.05, 0.1) is 12.1 Å². The number of aryl methyl sites for hydroxylation is 1. The summed E-state index contributed by atoms with van der Waals surface area (Å²) in [5, 5.41) is 9.21. The van der Waals surface area contributed by atoms with E-state index in [1.165, 1.54) is 0 Å². The second-order valence-corrected chi connectivity index (χ2v) is 6.07. The molecular weight excluding hydrogens is 469 g/mol. The zero-order valence-electron chi connectivity index (χ0n) is 16.4. The Balaban J connectivity index is 0.00000392. The summed E-state index contributed by atoms with van der Waals surface area (Å²) < 4.78 is 5.94. The maximum Gasteiger partial charge on any atom is 0.252 e. The predicted molar refractivity (Wildman–Crippen MR) is 123 cm³/mol. The van der Waals surface area contributed by atoms with Crippen molar-refractivity contribution in [3.63, 3.8) is 0 Å². The number of carbonyl (C=O) groups is 1. The summed E-state index contributed by atoms with van der Waals surface area (Å²) in [5.74, 6) is 1.40. The lowest BCUT2D eigenvalue weighted by Gasteiger charge is -2.18. The van der Waals surface area contributed by atoms with Crippen LogP contribution < -0.4 is 20.7 Å². The molecule has 0 saturated carbocycles. The molecule has 1 amide bonds. The first-order valence-electron chi connectivity index (χ1n) is 8.95. The zero-order valence-corrected chi connectivity index (χ0v) is 18.8. The van der Waals surface area contributed by atoms with Crippen molar-refractivity contribution in [2.75, 3.05) is 26.7 Å². The van der Waals surface area contributed by atoms with Gasteiger partial charge in [0.2, 0.25) is 0 Å². The molecule has 0 fully saturated rings. The third-order valence-electron chi connectivity index (χ3n) is 3.83. The first-order valence-corrected chi connectivity index (χ1v) is 8.95. The summed E-state index contributed by atoms with van der Waals surface area (Å²) in [6.07, 6.45) is 3.16. The highest BCUT2D eigenvalue weighted by atomic mass is 127. The van der Waals surface area contributed by atoms with Gasteiger partial charge in [-0.15, -0.1) is 24.0 Å². The van der Waals surface area contributed by atoms with E-state index in [4.69, 9.17) is 4.74 Å². The molecule has 0 bridgehead atoms. The van der Waals surface area contributed by atoms with Gasteiger partial charge in [-0.25, -0.2) is 0 Å². The number of aromatic nitrogens is 1. The number of hydrogen-bond acceptors (Lipinski definition) is 4.